The van der Waals surface area contributed by atoms with Crippen LogP contribution in [0.25, 0.3) is 0 Å². The van der Waals surface area contributed by atoms with Gasteiger partial charge in [-0.3, -0.25) is 4.57 Å². The summed E-state index contributed by atoms with van der Waals surface area (Å²) in [5.41, 5.74) is 0.766. The van der Waals surface area contributed by atoms with Crippen molar-refractivity contribution in [2.75, 3.05) is 6.61 Å². The highest BCUT2D eigenvalue weighted by molar-refractivity contribution is 7.89. The Balaban J connectivity index is 1.98. The lowest BCUT2D eigenvalue weighted by Crippen LogP contribution is -2.32. The van der Waals surface area contributed by atoms with Gasteiger partial charge in [0.2, 0.25) is 10.0 Å². The minimum absolute atomic E-state index is 0.0544. The Hall–Kier alpha value is -2.34. The monoisotopic (exact) mass is 522 g/mol. The summed E-state index contributed by atoms with van der Waals surface area (Å²) in [6.07, 6.45) is -4.41. The maximum atomic E-state index is 13.1. The van der Waals surface area contributed by atoms with E-state index >= 15 is 0 Å². The molecule has 2 aromatic carbocycles. The van der Waals surface area contributed by atoms with Gasteiger partial charge in [-0.1, -0.05) is 58.6 Å². The van der Waals surface area contributed by atoms with E-state index in [1.165, 1.54) is 22.8 Å². The molecule has 1 unspecified atom stereocenters. The van der Waals surface area contributed by atoms with Crippen molar-refractivity contribution in [1.29, 1.82) is 0 Å². The fourth-order valence-electron chi connectivity index (χ4n) is 3.04. The Morgan fingerprint density at radius 1 is 1.09 bits per heavy atom. The molecule has 13 heteroatoms. The number of hydrogen-bond donors (Lipinski definition) is 1. The largest absolute Gasteiger partial charge is 0.454 e. The second-order valence-electron chi connectivity index (χ2n) is 6.93. The molecule has 0 aliphatic rings. The minimum atomic E-state index is -4.57. The van der Waals surface area contributed by atoms with Crippen LogP contribution in [0, 0.1) is 0 Å². The van der Waals surface area contributed by atoms with Crippen LogP contribution in [-0.2, 0) is 23.0 Å². The molecule has 0 fully saturated rings. The maximum Gasteiger partial charge on any atom is 0.422 e. The maximum absolute atomic E-state index is 13.1. The van der Waals surface area contributed by atoms with Gasteiger partial charge in [0.1, 0.15) is 0 Å². The number of nitrogens with one attached hydrogen (secondary N) is 1. The van der Waals surface area contributed by atoms with E-state index in [-0.39, 0.29) is 39.7 Å². The lowest BCUT2D eigenvalue weighted by molar-refractivity contribution is -0.155. The van der Waals surface area contributed by atoms with Crippen molar-refractivity contribution < 1.29 is 26.3 Å². The third-order valence-corrected chi connectivity index (χ3v) is 6.73. The number of halogens is 5. The summed E-state index contributed by atoms with van der Waals surface area (Å²) in [6.45, 7) is 0.249. The summed E-state index contributed by atoms with van der Waals surface area (Å²) >= 11 is 11.8. The quantitative estimate of drug-likeness (QED) is 0.435. The molecule has 0 amide bonds. The molecular weight excluding hydrogens is 504 g/mol. The first-order valence-electron chi connectivity index (χ1n) is 9.64. The number of nitrogens with zero attached hydrogens (tertiary/aromatic N) is 3. The van der Waals surface area contributed by atoms with Gasteiger partial charge >= 0.3 is 12.2 Å². The number of sulfonamides is 1. The highest BCUT2D eigenvalue weighted by atomic mass is 35.5. The van der Waals surface area contributed by atoms with Gasteiger partial charge < -0.3 is 4.74 Å². The number of hydrogen-bond acceptors (Lipinski definition) is 5. The molecule has 1 aromatic heterocycles. The summed E-state index contributed by atoms with van der Waals surface area (Å²) in [4.78, 5) is -0.133. The highest BCUT2D eigenvalue weighted by Gasteiger charge is 2.31. The number of benzene rings is 2. The zero-order chi connectivity index (χ0) is 24.2. The van der Waals surface area contributed by atoms with E-state index in [9.17, 15) is 21.6 Å². The zero-order valence-corrected chi connectivity index (χ0v) is 19.5. The summed E-state index contributed by atoms with van der Waals surface area (Å²) in [6, 6.07) is 11.4. The zero-order valence-electron chi connectivity index (χ0n) is 17.2. The molecule has 33 heavy (non-hydrogen) atoms. The first-order valence-corrected chi connectivity index (χ1v) is 11.9. The molecule has 0 spiro atoms. The van der Waals surface area contributed by atoms with Crippen molar-refractivity contribution in [2.45, 2.75) is 37.0 Å². The first kappa shape index (κ1) is 25.3. The predicted molar refractivity (Wildman–Crippen MR) is 117 cm³/mol. The van der Waals surface area contributed by atoms with E-state index in [1.807, 2.05) is 0 Å². The molecule has 0 aliphatic heterocycles. The standard InChI is InChI=1S/C20H19Cl2F3N4O3S/c1-2-29-18(26-27-19(29)32-12-20(23,24)25)17(10-13-6-4-3-5-7-13)28-33(30,31)14-8-9-15(21)16(22)11-14/h3-9,11,17,28H,2,10,12H2,1H3. The summed E-state index contributed by atoms with van der Waals surface area (Å²) in [7, 11) is -4.11. The average molecular weight is 523 g/mol. The van der Waals surface area contributed by atoms with Crippen LogP contribution in [0.3, 0.4) is 0 Å². The normalized spacial score (nSPS) is 13.2. The average Bonchev–Trinajstić information content (AvgIpc) is 3.17. The van der Waals surface area contributed by atoms with Gasteiger partial charge in [0.25, 0.3) is 0 Å². The van der Waals surface area contributed by atoms with Crippen molar-refractivity contribution in [1.82, 2.24) is 19.5 Å². The van der Waals surface area contributed by atoms with E-state index in [0.29, 0.717) is 0 Å². The van der Waals surface area contributed by atoms with Crippen LogP contribution in [0.1, 0.15) is 24.4 Å². The molecule has 0 saturated heterocycles. The van der Waals surface area contributed by atoms with E-state index in [1.54, 1.807) is 37.3 Å². The smallest absolute Gasteiger partial charge is 0.422 e. The van der Waals surface area contributed by atoms with Crippen molar-refractivity contribution in [3.63, 3.8) is 0 Å². The molecule has 3 rings (SSSR count). The van der Waals surface area contributed by atoms with Crippen molar-refractivity contribution in [3.8, 4) is 6.01 Å². The van der Waals surface area contributed by atoms with Gasteiger partial charge in [0.05, 0.1) is 21.0 Å². The molecule has 1 N–H and O–H groups in total. The van der Waals surface area contributed by atoms with Gasteiger partial charge in [-0.25, -0.2) is 13.1 Å². The van der Waals surface area contributed by atoms with Gasteiger partial charge in [0, 0.05) is 6.54 Å². The molecule has 1 atom stereocenters. The minimum Gasteiger partial charge on any atom is -0.454 e. The fraction of sp³-hybridized carbons (Fsp3) is 0.300. The van der Waals surface area contributed by atoms with E-state index in [4.69, 9.17) is 27.9 Å². The fourth-order valence-corrected chi connectivity index (χ4v) is 4.63. The molecule has 1 heterocycles. The second kappa shape index (κ2) is 10.3. The Kier molecular flexibility index (Phi) is 7.88. The van der Waals surface area contributed by atoms with E-state index in [2.05, 4.69) is 14.9 Å². The number of alkyl halides is 3. The second-order valence-corrected chi connectivity index (χ2v) is 9.46. The third-order valence-electron chi connectivity index (χ3n) is 4.52. The Morgan fingerprint density at radius 2 is 1.79 bits per heavy atom. The molecule has 7 nitrogen and oxygen atoms in total. The van der Waals surface area contributed by atoms with Crippen LogP contribution >= 0.6 is 23.2 Å². The third kappa shape index (κ3) is 6.59. The van der Waals surface area contributed by atoms with Crippen LogP contribution < -0.4 is 9.46 Å². The van der Waals surface area contributed by atoms with Gasteiger partial charge in [-0.15, -0.1) is 5.10 Å². The SMILES string of the molecule is CCn1c(OCC(F)(F)F)nnc1C(Cc1ccccc1)NS(=O)(=O)c1ccc(Cl)c(Cl)c1. The Morgan fingerprint density at radius 3 is 2.39 bits per heavy atom. The van der Waals surface area contributed by atoms with Crippen LogP contribution in [0.4, 0.5) is 13.2 Å². The van der Waals surface area contributed by atoms with Crippen molar-refractivity contribution in [2.24, 2.45) is 0 Å². The molecule has 0 radical (unpaired) electrons. The lowest BCUT2D eigenvalue weighted by atomic mass is 10.1. The van der Waals surface area contributed by atoms with Gasteiger partial charge in [-0.2, -0.15) is 13.2 Å². The predicted octanol–water partition coefficient (Wildman–Crippen LogP) is 4.81. The first-order chi connectivity index (χ1) is 15.5. The Labute approximate surface area is 198 Å². The topological polar surface area (TPSA) is 86.1 Å². The number of rotatable bonds is 9. The van der Waals surface area contributed by atoms with Crippen LogP contribution in [0.5, 0.6) is 6.01 Å². The van der Waals surface area contributed by atoms with E-state index < -0.39 is 28.8 Å². The molecular formula is C20H19Cl2F3N4O3S. The molecule has 0 aliphatic carbocycles. The van der Waals surface area contributed by atoms with Crippen LogP contribution in [0.2, 0.25) is 10.0 Å². The summed E-state index contributed by atoms with van der Waals surface area (Å²) in [5, 5.41) is 7.88. The molecule has 3 aromatic rings. The van der Waals surface area contributed by atoms with E-state index in [0.717, 1.165) is 5.56 Å². The van der Waals surface area contributed by atoms with Gasteiger partial charge in [0.15, 0.2) is 12.4 Å². The van der Waals surface area contributed by atoms with Crippen LogP contribution in [0.15, 0.2) is 53.4 Å². The lowest BCUT2D eigenvalue weighted by Gasteiger charge is -2.20. The number of ether oxygens (including phenoxy) is 1. The Bertz CT molecular complexity index is 1210. The van der Waals surface area contributed by atoms with Crippen molar-refractivity contribution >= 4 is 33.2 Å². The molecule has 0 bridgehead atoms. The molecule has 0 saturated carbocycles. The number of aromatic nitrogens is 3. The highest BCUT2D eigenvalue weighted by Crippen LogP contribution is 2.28. The summed E-state index contributed by atoms with van der Waals surface area (Å²) in [5.74, 6) is 0.0992. The van der Waals surface area contributed by atoms with Crippen LogP contribution in [-0.4, -0.2) is 36.0 Å². The van der Waals surface area contributed by atoms with Crippen molar-refractivity contribution in [3.05, 3.63) is 70.0 Å². The summed E-state index contributed by atoms with van der Waals surface area (Å²) < 4.78 is 72.6. The van der Waals surface area contributed by atoms with Gasteiger partial charge in [-0.05, 0) is 37.1 Å². The molecule has 178 valence electrons.